The Kier molecular flexibility index (Phi) is 12.5. The minimum Gasteiger partial charge on any atom is -0.0848 e. The first-order chi connectivity index (χ1) is 24.7. The molecule has 0 aromatic heterocycles. The SMILES string of the molecule is CC.CCC(C)(/C(=C(\PCC1=C(C)C2(C)CP1C(c1ccccc1)=C2c1c(C)cc(C)cc1C)c1ccccc1)c1c(C)cc(C)cc1C)C(C)C. The molecule has 0 N–H and O–H groups in total. The van der Waals surface area contributed by atoms with Crippen LogP contribution >= 0.6 is 16.5 Å². The molecule has 2 aliphatic heterocycles. The maximum atomic E-state index is 2.57. The lowest BCUT2D eigenvalue weighted by molar-refractivity contribution is 0.303. The molecule has 4 unspecified atom stereocenters. The van der Waals surface area contributed by atoms with Crippen LogP contribution in [0.25, 0.3) is 21.8 Å². The molecule has 6 rings (SSSR count). The van der Waals surface area contributed by atoms with Gasteiger partial charge < -0.3 is 0 Å². The highest BCUT2D eigenvalue weighted by Gasteiger charge is 2.52. The highest BCUT2D eigenvalue weighted by atomic mass is 31.1. The summed E-state index contributed by atoms with van der Waals surface area (Å²) in [5.74, 6) is 0.508. The smallest absolute Gasteiger partial charge is 0.0195 e. The lowest BCUT2D eigenvalue weighted by atomic mass is 9.67. The molecular weight excluding hydrogens is 662 g/mol. The summed E-state index contributed by atoms with van der Waals surface area (Å²) in [7, 11) is 0.251. The molecule has 0 amide bonds. The Labute approximate surface area is 320 Å². The summed E-state index contributed by atoms with van der Waals surface area (Å²) in [5, 5.41) is 4.96. The van der Waals surface area contributed by atoms with Gasteiger partial charge in [0, 0.05) is 5.41 Å². The molecule has 274 valence electrons. The van der Waals surface area contributed by atoms with Crippen LogP contribution in [0.2, 0.25) is 0 Å². The predicted molar refractivity (Wildman–Crippen MR) is 238 cm³/mol. The van der Waals surface area contributed by atoms with Crippen molar-refractivity contribution in [3.8, 4) is 0 Å². The number of hydrogen-bond donors (Lipinski definition) is 0. The second-order valence-electron chi connectivity index (χ2n) is 16.0. The quantitative estimate of drug-likeness (QED) is 0.113. The van der Waals surface area contributed by atoms with Gasteiger partial charge in [-0.2, -0.15) is 0 Å². The molecule has 2 heteroatoms. The van der Waals surface area contributed by atoms with E-state index in [-0.39, 0.29) is 10.8 Å². The monoisotopic (exact) mass is 726 g/mol. The summed E-state index contributed by atoms with van der Waals surface area (Å²) in [6, 6.07) is 32.4. The standard InChI is InChI=1S/C48H58P2.C2H6/c1-13-47(11,30(2)3)43(41-33(6)24-31(4)25-34(41)7)45(38-20-16-14-17-21-38)49-28-40-37(10)48(12)29-50(40)46(39-22-18-15-19-23-39)44(48)42-35(8)26-32(5)27-36(42)9;1-2/h14-27,30,49H,13,28-29H2,1-12H3;1-2H3/b45-43-;. The highest BCUT2D eigenvalue weighted by molar-refractivity contribution is 7.74. The van der Waals surface area contributed by atoms with Crippen molar-refractivity contribution in [3.05, 3.63) is 151 Å². The van der Waals surface area contributed by atoms with Gasteiger partial charge in [-0.15, -0.1) is 0 Å². The molecule has 0 nitrogen and oxygen atoms in total. The largest absolute Gasteiger partial charge is 0.0848 e. The molecule has 4 aromatic rings. The van der Waals surface area contributed by atoms with Crippen molar-refractivity contribution < 1.29 is 0 Å². The van der Waals surface area contributed by atoms with Crippen LogP contribution in [-0.2, 0) is 0 Å². The maximum Gasteiger partial charge on any atom is 0.0195 e. The Balaban J connectivity index is 0.00000257. The summed E-state index contributed by atoms with van der Waals surface area (Å²) >= 11 is 0. The zero-order valence-electron chi connectivity index (χ0n) is 34.7. The van der Waals surface area contributed by atoms with E-state index >= 15 is 0 Å². The normalized spacial score (nSPS) is 20.1. The summed E-state index contributed by atoms with van der Waals surface area (Å²) in [5.41, 5.74) is 19.1. The number of allylic oxidation sites excluding steroid dienone is 4. The van der Waals surface area contributed by atoms with Gasteiger partial charge in [-0.1, -0.05) is 159 Å². The average molecular weight is 727 g/mol. The second-order valence-corrected chi connectivity index (χ2v) is 19.4. The van der Waals surface area contributed by atoms with Gasteiger partial charge in [-0.25, -0.2) is 0 Å². The number of hydrogen-bond acceptors (Lipinski definition) is 0. The van der Waals surface area contributed by atoms with Crippen molar-refractivity contribution >= 4 is 38.3 Å². The van der Waals surface area contributed by atoms with Gasteiger partial charge >= 0.3 is 0 Å². The third kappa shape index (κ3) is 7.13. The van der Waals surface area contributed by atoms with E-state index in [1.165, 1.54) is 61.8 Å². The molecule has 4 aromatic carbocycles. The fourth-order valence-corrected chi connectivity index (χ4v) is 15.2. The van der Waals surface area contributed by atoms with Crippen molar-refractivity contribution in [3.63, 3.8) is 0 Å². The van der Waals surface area contributed by atoms with Crippen LogP contribution in [0.4, 0.5) is 0 Å². The van der Waals surface area contributed by atoms with Gasteiger partial charge in [0.25, 0.3) is 0 Å². The van der Waals surface area contributed by atoms with Gasteiger partial charge in [0.15, 0.2) is 0 Å². The first-order valence-corrected chi connectivity index (χ1v) is 22.4. The second kappa shape index (κ2) is 16.1. The number of fused-ring (bicyclic) bond motifs is 2. The lowest BCUT2D eigenvalue weighted by Gasteiger charge is -2.39. The van der Waals surface area contributed by atoms with Gasteiger partial charge in [0.05, 0.1) is 0 Å². The van der Waals surface area contributed by atoms with Crippen molar-refractivity contribution in [1.29, 1.82) is 0 Å². The van der Waals surface area contributed by atoms with E-state index in [0.717, 1.165) is 12.6 Å². The Hall–Kier alpha value is -3.04. The minimum atomic E-state index is -0.446. The lowest BCUT2D eigenvalue weighted by Crippen LogP contribution is -2.26. The summed E-state index contributed by atoms with van der Waals surface area (Å²) < 4.78 is 0. The third-order valence-corrected chi connectivity index (χ3v) is 17.2. The summed E-state index contributed by atoms with van der Waals surface area (Å²) in [6.07, 6.45) is 3.49. The van der Waals surface area contributed by atoms with E-state index in [2.05, 4.69) is 168 Å². The zero-order valence-corrected chi connectivity index (χ0v) is 36.6. The van der Waals surface area contributed by atoms with Gasteiger partial charge in [-0.05, 0) is 158 Å². The average Bonchev–Trinajstić information content (AvgIpc) is 3.55. The van der Waals surface area contributed by atoms with E-state index in [1.807, 2.05) is 13.8 Å². The summed E-state index contributed by atoms with van der Waals surface area (Å²) in [4.78, 5) is 0. The fourth-order valence-electron chi connectivity index (χ4n) is 9.28. The summed E-state index contributed by atoms with van der Waals surface area (Å²) in [6.45, 7) is 32.7. The van der Waals surface area contributed by atoms with Crippen LogP contribution in [0.5, 0.6) is 0 Å². The Bertz CT molecular complexity index is 1980. The van der Waals surface area contributed by atoms with Crippen molar-refractivity contribution in [2.24, 2.45) is 16.7 Å². The molecule has 0 radical (unpaired) electrons. The van der Waals surface area contributed by atoms with Crippen LogP contribution in [0.3, 0.4) is 0 Å². The minimum absolute atomic E-state index is 0.0428. The van der Waals surface area contributed by atoms with Gasteiger partial charge in [0.1, 0.15) is 0 Å². The Morgan fingerprint density at radius 2 is 1.27 bits per heavy atom. The molecule has 2 aliphatic rings. The number of rotatable bonds is 10. The molecule has 0 aliphatic carbocycles. The van der Waals surface area contributed by atoms with Crippen molar-refractivity contribution in [2.75, 3.05) is 12.3 Å². The highest BCUT2D eigenvalue weighted by Crippen LogP contribution is 2.79. The van der Waals surface area contributed by atoms with Crippen molar-refractivity contribution in [1.82, 2.24) is 0 Å². The Morgan fingerprint density at radius 3 is 1.77 bits per heavy atom. The van der Waals surface area contributed by atoms with Gasteiger partial charge in [-0.3, -0.25) is 0 Å². The first kappa shape index (κ1) is 40.2. The van der Waals surface area contributed by atoms with E-state index in [1.54, 1.807) is 32.7 Å². The molecule has 0 saturated carbocycles. The van der Waals surface area contributed by atoms with Crippen LogP contribution < -0.4 is 0 Å². The maximum absolute atomic E-state index is 2.57. The molecule has 2 bridgehead atoms. The topological polar surface area (TPSA) is 0 Å². The van der Waals surface area contributed by atoms with E-state index in [9.17, 15) is 0 Å². The molecule has 0 saturated heterocycles. The Morgan fingerprint density at radius 1 is 0.769 bits per heavy atom. The van der Waals surface area contributed by atoms with E-state index in [0.29, 0.717) is 14.5 Å². The molecule has 0 fully saturated rings. The molecule has 4 atom stereocenters. The first-order valence-electron chi connectivity index (χ1n) is 19.7. The van der Waals surface area contributed by atoms with Crippen LogP contribution in [-0.4, -0.2) is 12.3 Å². The fraction of sp³-hybridized carbons (Fsp3) is 0.400. The molecule has 0 spiro atoms. The van der Waals surface area contributed by atoms with Crippen molar-refractivity contribution in [2.45, 2.75) is 103 Å². The molecule has 2 heterocycles. The van der Waals surface area contributed by atoms with E-state index < -0.39 is 7.92 Å². The number of benzene rings is 4. The molecular formula is C50H64P2. The third-order valence-electron chi connectivity index (χ3n) is 12.3. The number of aryl methyl sites for hydroxylation is 6. The van der Waals surface area contributed by atoms with Gasteiger partial charge in [0.2, 0.25) is 0 Å². The molecule has 52 heavy (non-hydrogen) atoms. The zero-order chi connectivity index (χ0) is 38.1. The van der Waals surface area contributed by atoms with Crippen LogP contribution in [0, 0.1) is 58.3 Å². The van der Waals surface area contributed by atoms with Crippen LogP contribution in [0.1, 0.15) is 117 Å². The van der Waals surface area contributed by atoms with Crippen LogP contribution in [0.15, 0.2) is 95.8 Å². The predicted octanol–water partition coefficient (Wildman–Crippen LogP) is 15.5. The van der Waals surface area contributed by atoms with E-state index in [4.69, 9.17) is 0 Å².